The number of hydrogen-bond donors (Lipinski definition) is 2. The summed E-state index contributed by atoms with van der Waals surface area (Å²) >= 11 is 0. The van der Waals surface area contributed by atoms with Gasteiger partial charge in [0.05, 0.1) is 28.0 Å². The van der Waals surface area contributed by atoms with E-state index in [9.17, 15) is 5.26 Å². The van der Waals surface area contributed by atoms with E-state index in [0.29, 0.717) is 5.56 Å². The molecule has 0 aliphatic carbocycles. The Labute approximate surface area is 135 Å². The first-order valence-corrected chi connectivity index (χ1v) is 7.73. The molecule has 0 atom stereocenters. The molecule has 2 heterocycles. The van der Waals surface area contributed by atoms with Crippen molar-refractivity contribution in [2.75, 3.05) is 11.9 Å². The summed E-state index contributed by atoms with van der Waals surface area (Å²) in [6, 6.07) is 12.2. The number of nitriles is 1. The van der Waals surface area contributed by atoms with Crippen LogP contribution in [0.4, 0.5) is 5.69 Å². The summed E-state index contributed by atoms with van der Waals surface area (Å²) < 4.78 is 0. The van der Waals surface area contributed by atoms with E-state index in [1.807, 2.05) is 44.2 Å². The lowest BCUT2D eigenvalue weighted by Crippen LogP contribution is -2.07. The fraction of sp³-hybridized carbons (Fsp3) is 0.278. The van der Waals surface area contributed by atoms with Crippen LogP contribution in [0.2, 0.25) is 0 Å². The second kappa shape index (κ2) is 6.49. The Kier molecular flexibility index (Phi) is 4.24. The zero-order valence-corrected chi connectivity index (χ0v) is 13.3. The molecule has 0 bridgehead atoms. The van der Waals surface area contributed by atoms with Gasteiger partial charge in [0.15, 0.2) is 0 Å². The number of anilines is 1. The minimum atomic E-state index is 0.624. The SMILES string of the molecule is Cc1cc(NCCCc2nc3ccccc3[nH]2)c(C#N)c(C)n1. The van der Waals surface area contributed by atoms with Crippen LogP contribution in [0, 0.1) is 25.2 Å². The number of aromatic amines is 1. The van der Waals surface area contributed by atoms with Gasteiger partial charge < -0.3 is 10.3 Å². The van der Waals surface area contributed by atoms with Crippen molar-refractivity contribution < 1.29 is 0 Å². The van der Waals surface area contributed by atoms with Gasteiger partial charge in [-0.1, -0.05) is 12.1 Å². The average molecular weight is 305 g/mol. The van der Waals surface area contributed by atoms with Crippen molar-refractivity contribution in [1.82, 2.24) is 15.0 Å². The van der Waals surface area contributed by atoms with E-state index in [1.54, 1.807) is 0 Å². The molecule has 3 rings (SSSR count). The van der Waals surface area contributed by atoms with Crippen LogP contribution in [0.3, 0.4) is 0 Å². The fourth-order valence-electron chi connectivity index (χ4n) is 2.71. The van der Waals surface area contributed by atoms with Crippen LogP contribution in [-0.4, -0.2) is 21.5 Å². The minimum Gasteiger partial charge on any atom is -0.384 e. The largest absolute Gasteiger partial charge is 0.384 e. The molecule has 0 saturated heterocycles. The third-order valence-electron chi connectivity index (χ3n) is 3.78. The predicted octanol–water partition coefficient (Wildman–Crippen LogP) is 3.49. The zero-order chi connectivity index (χ0) is 16.2. The maximum absolute atomic E-state index is 9.26. The molecule has 23 heavy (non-hydrogen) atoms. The second-order valence-electron chi connectivity index (χ2n) is 5.61. The molecule has 5 nitrogen and oxygen atoms in total. The minimum absolute atomic E-state index is 0.624. The first-order chi connectivity index (χ1) is 11.2. The van der Waals surface area contributed by atoms with Crippen LogP contribution >= 0.6 is 0 Å². The van der Waals surface area contributed by atoms with E-state index in [-0.39, 0.29) is 0 Å². The molecule has 0 aliphatic rings. The highest BCUT2D eigenvalue weighted by atomic mass is 14.9. The van der Waals surface area contributed by atoms with Gasteiger partial charge in [-0.3, -0.25) is 4.98 Å². The van der Waals surface area contributed by atoms with Crippen molar-refractivity contribution in [2.24, 2.45) is 0 Å². The van der Waals surface area contributed by atoms with E-state index < -0.39 is 0 Å². The summed E-state index contributed by atoms with van der Waals surface area (Å²) in [5.74, 6) is 0.996. The lowest BCUT2D eigenvalue weighted by Gasteiger charge is -2.10. The fourth-order valence-corrected chi connectivity index (χ4v) is 2.71. The van der Waals surface area contributed by atoms with E-state index in [0.717, 1.165) is 53.3 Å². The topological polar surface area (TPSA) is 77.4 Å². The highest BCUT2D eigenvalue weighted by Crippen LogP contribution is 2.19. The molecular formula is C18H19N5. The molecular weight excluding hydrogens is 286 g/mol. The molecule has 116 valence electrons. The highest BCUT2D eigenvalue weighted by Gasteiger charge is 2.08. The number of rotatable bonds is 5. The van der Waals surface area contributed by atoms with Crippen molar-refractivity contribution in [1.29, 1.82) is 5.26 Å². The van der Waals surface area contributed by atoms with Crippen molar-refractivity contribution in [3.63, 3.8) is 0 Å². The number of nitrogens with one attached hydrogen (secondary N) is 2. The Morgan fingerprint density at radius 3 is 2.83 bits per heavy atom. The van der Waals surface area contributed by atoms with Gasteiger partial charge in [-0.15, -0.1) is 0 Å². The summed E-state index contributed by atoms with van der Waals surface area (Å²) in [6.07, 6.45) is 1.80. The first kappa shape index (κ1) is 15.0. The van der Waals surface area contributed by atoms with Gasteiger partial charge in [0.1, 0.15) is 11.9 Å². The van der Waals surface area contributed by atoms with E-state index >= 15 is 0 Å². The number of aryl methyl sites for hydroxylation is 3. The Morgan fingerprint density at radius 1 is 1.22 bits per heavy atom. The van der Waals surface area contributed by atoms with Crippen LogP contribution in [0.5, 0.6) is 0 Å². The monoisotopic (exact) mass is 305 g/mol. The van der Waals surface area contributed by atoms with Crippen LogP contribution in [-0.2, 0) is 6.42 Å². The van der Waals surface area contributed by atoms with E-state index in [1.165, 1.54) is 0 Å². The maximum atomic E-state index is 9.26. The number of pyridine rings is 1. The van der Waals surface area contributed by atoms with Gasteiger partial charge in [0, 0.05) is 18.7 Å². The molecule has 2 aromatic heterocycles. The number of hydrogen-bond acceptors (Lipinski definition) is 4. The van der Waals surface area contributed by atoms with Gasteiger partial charge in [-0.2, -0.15) is 5.26 Å². The molecule has 1 aromatic carbocycles. The van der Waals surface area contributed by atoms with Gasteiger partial charge in [-0.25, -0.2) is 4.98 Å². The molecule has 0 fully saturated rings. The number of nitrogens with zero attached hydrogens (tertiary/aromatic N) is 3. The standard InChI is InChI=1S/C18H19N5/c1-12-10-17(14(11-19)13(2)21-12)20-9-5-8-18-22-15-6-3-4-7-16(15)23-18/h3-4,6-7,10H,5,8-9H2,1-2H3,(H,20,21)(H,22,23). The van der Waals surface area contributed by atoms with Gasteiger partial charge in [0.2, 0.25) is 0 Å². The van der Waals surface area contributed by atoms with Crippen molar-refractivity contribution in [2.45, 2.75) is 26.7 Å². The Bertz CT molecular complexity index is 840. The predicted molar refractivity (Wildman–Crippen MR) is 91.3 cm³/mol. The van der Waals surface area contributed by atoms with Gasteiger partial charge in [0.25, 0.3) is 0 Å². The summed E-state index contributed by atoms with van der Waals surface area (Å²) in [5, 5.41) is 12.6. The highest BCUT2D eigenvalue weighted by molar-refractivity contribution is 5.74. The third kappa shape index (κ3) is 3.32. The lowest BCUT2D eigenvalue weighted by molar-refractivity contribution is 0.819. The zero-order valence-electron chi connectivity index (χ0n) is 13.3. The van der Waals surface area contributed by atoms with Gasteiger partial charge in [-0.05, 0) is 38.5 Å². The number of H-pyrrole nitrogens is 1. The first-order valence-electron chi connectivity index (χ1n) is 7.73. The normalized spacial score (nSPS) is 10.7. The van der Waals surface area contributed by atoms with Crippen molar-refractivity contribution >= 4 is 16.7 Å². The average Bonchev–Trinajstić information content (AvgIpc) is 2.94. The van der Waals surface area contributed by atoms with Gasteiger partial charge >= 0.3 is 0 Å². The van der Waals surface area contributed by atoms with E-state index in [4.69, 9.17) is 0 Å². The Morgan fingerprint density at radius 2 is 2.04 bits per heavy atom. The molecule has 0 radical (unpaired) electrons. The lowest BCUT2D eigenvalue weighted by atomic mass is 10.1. The van der Waals surface area contributed by atoms with Crippen molar-refractivity contribution in [3.05, 3.63) is 53.1 Å². The summed E-state index contributed by atoms with van der Waals surface area (Å²) in [6.45, 7) is 4.59. The van der Waals surface area contributed by atoms with Crippen LogP contribution in [0.25, 0.3) is 11.0 Å². The molecule has 0 saturated carbocycles. The number of imidazole rings is 1. The van der Waals surface area contributed by atoms with Crippen molar-refractivity contribution in [3.8, 4) is 6.07 Å². The Balaban J connectivity index is 1.61. The smallest absolute Gasteiger partial charge is 0.107 e. The quantitative estimate of drug-likeness (QED) is 0.707. The third-order valence-corrected chi connectivity index (χ3v) is 3.78. The number of aromatic nitrogens is 3. The molecule has 0 amide bonds. The molecule has 0 aliphatic heterocycles. The molecule has 5 heteroatoms. The maximum Gasteiger partial charge on any atom is 0.107 e. The van der Waals surface area contributed by atoms with Crippen LogP contribution in [0.1, 0.15) is 29.2 Å². The second-order valence-corrected chi connectivity index (χ2v) is 5.61. The molecule has 0 spiro atoms. The summed E-state index contributed by atoms with van der Waals surface area (Å²) in [7, 11) is 0. The molecule has 2 N–H and O–H groups in total. The molecule has 3 aromatic rings. The van der Waals surface area contributed by atoms with Crippen LogP contribution < -0.4 is 5.32 Å². The summed E-state index contributed by atoms with van der Waals surface area (Å²) in [5.41, 5.74) is 5.25. The number of para-hydroxylation sites is 2. The molecule has 0 unspecified atom stereocenters. The van der Waals surface area contributed by atoms with Crippen LogP contribution in [0.15, 0.2) is 30.3 Å². The van der Waals surface area contributed by atoms with E-state index in [2.05, 4.69) is 26.3 Å². The number of fused-ring (bicyclic) bond motifs is 1. The number of benzene rings is 1. The Hall–Kier alpha value is -2.87. The summed E-state index contributed by atoms with van der Waals surface area (Å²) in [4.78, 5) is 12.2.